The van der Waals surface area contributed by atoms with Crippen molar-refractivity contribution in [3.63, 3.8) is 0 Å². The van der Waals surface area contributed by atoms with Crippen molar-refractivity contribution in [1.82, 2.24) is 25.0 Å². The SMILES string of the molecule is CCOC(=O)[C@@H](CCC(=O)C[C@@H](CCCCCC(=O)OC(C)(C)C)C(=O)OC)NC(=O)/C(C)=C/[C@H](C(C)C)N(C)C(=O)[C@@H](NC(=O)[C@@H](N(C)C(=O)OC(C)(C)C)C(C)(C)c1cn(C)c2ccccc12)C(C)(C)C. The number of amides is 4. The van der Waals surface area contributed by atoms with Gasteiger partial charge in [-0.05, 0) is 97.6 Å². The standard InChI is InChI=1S/C56H89N5O12/c1-20-71-51(68)41(31-30-38(62)33-37(50(67)70-19)26-22-21-23-29-44(63)72-54(8,9)10)57-47(64)36(4)32-43(35(2)3)60(17)49(66)45(53(5,6)7)58-48(65)46(61(18)52(69)73-55(11,12)13)56(14,15)40-34-59(16)42-28-25-24-27-39(40)42/h24-25,27-28,32,34-35,37,41,43,45-46H,20-23,26,29-31,33H2,1-19H3,(H,57,64)(H,58,65)/b36-32+/t37-,41-,43-,45-,46-/m1/s1. The van der Waals surface area contributed by atoms with Gasteiger partial charge in [-0.15, -0.1) is 0 Å². The van der Waals surface area contributed by atoms with Gasteiger partial charge in [-0.3, -0.25) is 33.7 Å². The van der Waals surface area contributed by atoms with Crippen LogP contribution in [0.25, 0.3) is 10.9 Å². The lowest BCUT2D eigenvalue weighted by atomic mass is 9.76. The molecule has 0 saturated carbocycles. The molecule has 0 aliphatic carbocycles. The predicted molar refractivity (Wildman–Crippen MR) is 282 cm³/mol. The van der Waals surface area contributed by atoms with Crippen molar-refractivity contribution in [2.45, 2.75) is 196 Å². The fourth-order valence-corrected chi connectivity index (χ4v) is 8.88. The van der Waals surface area contributed by atoms with Crippen LogP contribution in [-0.4, -0.2) is 125 Å². The highest BCUT2D eigenvalue weighted by Gasteiger charge is 2.47. The minimum atomic E-state index is -1.20. The van der Waals surface area contributed by atoms with Crippen molar-refractivity contribution in [3.8, 4) is 0 Å². The van der Waals surface area contributed by atoms with Gasteiger partial charge in [-0.2, -0.15) is 0 Å². The number of likely N-dealkylation sites (N-methyl/N-ethyl adjacent to an activating group) is 2. The second-order valence-electron chi connectivity index (χ2n) is 23.2. The number of methoxy groups -OCH3 is 1. The molecule has 73 heavy (non-hydrogen) atoms. The van der Waals surface area contributed by atoms with E-state index in [9.17, 15) is 38.4 Å². The molecule has 0 bridgehead atoms. The molecular formula is C56H89N5O12. The highest BCUT2D eigenvalue weighted by Crippen LogP contribution is 2.37. The van der Waals surface area contributed by atoms with E-state index >= 15 is 0 Å². The molecule has 17 nitrogen and oxygen atoms in total. The number of esters is 3. The maximum Gasteiger partial charge on any atom is 0.410 e. The summed E-state index contributed by atoms with van der Waals surface area (Å²) < 4.78 is 23.4. The molecule has 0 saturated heterocycles. The van der Waals surface area contributed by atoms with E-state index < -0.39 is 87.9 Å². The number of para-hydroxylation sites is 1. The molecule has 0 aliphatic heterocycles. The number of hydrogen-bond donors (Lipinski definition) is 2. The Morgan fingerprint density at radius 1 is 0.767 bits per heavy atom. The van der Waals surface area contributed by atoms with Crippen LogP contribution in [0.15, 0.2) is 42.1 Å². The normalized spacial score (nSPS) is 14.5. The summed E-state index contributed by atoms with van der Waals surface area (Å²) in [5.74, 6) is -4.48. The lowest BCUT2D eigenvalue weighted by molar-refractivity contribution is -0.155. The molecule has 1 aromatic heterocycles. The number of unbranched alkanes of at least 4 members (excludes halogenated alkanes) is 2. The largest absolute Gasteiger partial charge is 0.469 e. The van der Waals surface area contributed by atoms with E-state index in [1.54, 1.807) is 68.5 Å². The molecular weight excluding hydrogens is 935 g/mol. The van der Waals surface area contributed by atoms with Crippen LogP contribution < -0.4 is 10.6 Å². The van der Waals surface area contributed by atoms with E-state index in [2.05, 4.69) is 10.6 Å². The molecule has 0 unspecified atom stereocenters. The van der Waals surface area contributed by atoms with E-state index in [1.807, 2.05) is 90.5 Å². The van der Waals surface area contributed by atoms with Crippen LogP contribution in [0.5, 0.6) is 0 Å². The van der Waals surface area contributed by atoms with Crippen LogP contribution in [0.4, 0.5) is 4.79 Å². The molecule has 2 rings (SSSR count). The number of aromatic nitrogens is 1. The number of nitrogens with zero attached hydrogens (tertiary/aromatic N) is 3. The van der Waals surface area contributed by atoms with Crippen LogP contribution in [0.1, 0.15) is 161 Å². The van der Waals surface area contributed by atoms with Gasteiger partial charge in [0.15, 0.2) is 0 Å². The third-order valence-corrected chi connectivity index (χ3v) is 12.7. The molecule has 0 aliphatic rings. The van der Waals surface area contributed by atoms with Crippen LogP contribution in [0.3, 0.4) is 0 Å². The maximum absolute atomic E-state index is 15.0. The third-order valence-electron chi connectivity index (χ3n) is 12.7. The number of ketones is 1. The lowest BCUT2D eigenvalue weighted by Crippen LogP contribution is -2.63. The van der Waals surface area contributed by atoms with Gasteiger partial charge in [-0.25, -0.2) is 9.59 Å². The van der Waals surface area contributed by atoms with Crippen LogP contribution in [0, 0.1) is 17.3 Å². The van der Waals surface area contributed by atoms with Gasteiger partial charge >= 0.3 is 24.0 Å². The molecule has 2 N–H and O–H groups in total. The first-order valence-corrected chi connectivity index (χ1v) is 25.6. The Balaban J connectivity index is 2.37. The summed E-state index contributed by atoms with van der Waals surface area (Å²) in [5, 5.41) is 6.68. The number of rotatable bonds is 25. The fourth-order valence-electron chi connectivity index (χ4n) is 8.88. The average Bonchev–Trinajstić information content (AvgIpc) is 3.62. The van der Waals surface area contributed by atoms with Crippen molar-refractivity contribution >= 4 is 58.4 Å². The second-order valence-corrected chi connectivity index (χ2v) is 23.2. The number of fused-ring (bicyclic) bond motifs is 1. The Morgan fingerprint density at radius 2 is 1.37 bits per heavy atom. The van der Waals surface area contributed by atoms with Crippen molar-refractivity contribution in [2.75, 3.05) is 27.8 Å². The van der Waals surface area contributed by atoms with Gasteiger partial charge in [-0.1, -0.05) is 85.6 Å². The van der Waals surface area contributed by atoms with Gasteiger partial charge in [0.25, 0.3) is 0 Å². The Bertz CT molecular complexity index is 2280. The smallest absolute Gasteiger partial charge is 0.410 e. The van der Waals surface area contributed by atoms with Gasteiger partial charge in [0.05, 0.1) is 25.7 Å². The number of hydrogen-bond acceptors (Lipinski definition) is 12. The zero-order valence-electron chi connectivity index (χ0n) is 47.5. The Hall–Kier alpha value is -5.74. The summed E-state index contributed by atoms with van der Waals surface area (Å²) in [6, 6.07) is 3.65. The summed E-state index contributed by atoms with van der Waals surface area (Å²) >= 11 is 0. The Labute approximate surface area is 435 Å². The number of Topliss-reactive ketones (excluding diaryl/α,β-unsaturated/α-hetero) is 1. The second kappa shape index (κ2) is 27.0. The number of carbonyl (C=O) groups excluding carboxylic acids is 8. The zero-order chi connectivity index (χ0) is 56.0. The van der Waals surface area contributed by atoms with Gasteiger partial charge in [0.1, 0.15) is 35.1 Å². The van der Waals surface area contributed by atoms with Crippen LogP contribution in [0.2, 0.25) is 0 Å². The average molecular weight is 1020 g/mol. The van der Waals surface area contributed by atoms with Gasteiger partial charge < -0.3 is 39.0 Å². The number of aryl methyl sites for hydroxylation is 1. The van der Waals surface area contributed by atoms with Gasteiger partial charge in [0.2, 0.25) is 17.7 Å². The Kier molecular flexibility index (Phi) is 23.4. The number of ether oxygens (including phenoxy) is 4. The first-order chi connectivity index (χ1) is 33.6. The number of benzene rings is 1. The molecule has 0 spiro atoms. The first kappa shape index (κ1) is 63.4. The quantitative estimate of drug-likeness (QED) is 0.0415. The fraction of sp³-hybridized carbons (Fsp3) is 0.679. The van der Waals surface area contributed by atoms with E-state index in [4.69, 9.17) is 18.9 Å². The summed E-state index contributed by atoms with van der Waals surface area (Å²) in [5.41, 5.74) is -1.36. The van der Waals surface area contributed by atoms with E-state index in [0.717, 1.165) is 16.5 Å². The van der Waals surface area contributed by atoms with Crippen LogP contribution >= 0.6 is 0 Å². The highest BCUT2D eigenvalue weighted by atomic mass is 16.6. The molecule has 410 valence electrons. The van der Waals surface area contributed by atoms with E-state index in [-0.39, 0.29) is 55.5 Å². The van der Waals surface area contributed by atoms with E-state index in [0.29, 0.717) is 25.7 Å². The van der Waals surface area contributed by atoms with Crippen molar-refractivity contribution in [1.29, 1.82) is 0 Å². The summed E-state index contributed by atoms with van der Waals surface area (Å²) in [6.45, 7) is 26.9. The third kappa shape index (κ3) is 19.2. The maximum atomic E-state index is 15.0. The van der Waals surface area contributed by atoms with Crippen molar-refractivity contribution < 1.29 is 57.3 Å². The first-order valence-electron chi connectivity index (χ1n) is 25.6. The lowest BCUT2D eigenvalue weighted by Gasteiger charge is -2.42. The zero-order valence-corrected chi connectivity index (χ0v) is 47.5. The number of nitrogens with one attached hydrogen (secondary N) is 2. The molecule has 17 heteroatoms. The molecule has 2 aromatic rings. The topological polar surface area (TPSA) is 209 Å². The summed E-state index contributed by atoms with van der Waals surface area (Å²) in [7, 11) is 6.29. The summed E-state index contributed by atoms with van der Waals surface area (Å²) in [6.07, 6.45) is 4.88. The monoisotopic (exact) mass is 1020 g/mol. The highest BCUT2D eigenvalue weighted by molar-refractivity contribution is 5.97. The summed E-state index contributed by atoms with van der Waals surface area (Å²) in [4.78, 5) is 112. The predicted octanol–water partition coefficient (Wildman–Crippen LogP) is 8.52. The Morgan fingerprint density at radius 3 is 1.92 bits per heavy atom. The minimum Gasteiger partial charge on any atom is -0.469 e. The molecule has 0 fully saturated rings. The molecule has 0 radical (unpaired) electrons. The van der Waals surface area contributed by atoms with Crippen LogP contribution in [-0.2, 0) is 65.0 Å². The number of carbonyl (C=O) groups is 8. The van der Waals surface area contributed by atoms with Crippen molar-refractivity contribution in [3.05, 3.63) is 47.7 Å². The van der Waals surface area contributed by atoms with Crippen molar-refractivity contribution in [2.24, 2.45) is 24.3 Å². The van der Waals surface area contributed by atoms with E-state index in [1.165, 1.54) is 24.0 Å². The van der Waals surface area contributed by atoms with Gasteiger partial charge in [0, 0.05) is 68.5 Å². The molecule has 4 amide bonds. The molecule has 1 heterocycles. The minimum absolute atomic E-state index is 0.0266. The molecule has 1 aromatic carbocycles. The molecule has 5 atom stereocenters.